The number of rotatable bonds is 7. The molecule has 2 aromatic rings. The van der Waals surface area contributed by atoms with E-state index in [1.54, 1.807) is 19.9 Å². The first-order valence-electron chi connectivity index (χ1n) is 8.91. The van der Waals surface area contributed by atoms with Crippen molar-refractivity contribution in [3.63, 3.8) is 0 Å². The molecule has 0 radical (unpaired) electrons. The molecule has 0 bridgehead atoms. The molecule has 4 N–H and O–H groups in total. The number of carbonyl (C=O) groups excluding carboxylic acids is 2. The van der Waals surface area contributed by atoms with E-state index >= 15 is 0 Å². The van der Waals surface area contributed by atoms with E-state index in [-0.39, 0.29) is 17.7 Å². The maximum Gasteiger partial charge on any atom is 0.354 e. The number of hydrogen-bond acceptors (Lipinski definition) is 4. The average molecular weight is 369 g/mol. The van der Waals surface area contributed by atoms with Crippen LogP contribution in [0.4, 0.5) is 0 Å². The van der Waals surface area contributed by atoms with E-state index in [1.807, 2.05) is 44.2 Å². The molecule has 27 heavy (non-hydrogen) atoms. The van der Waals surface area contributed by atoms with Gasteiger partial charge in [-0.3, -0.25) is 4.79 Å². The highest BCUT2D eigenvalue weighted by Crippen LogP contribution is 2.33. The lowest BCUT2D eigenvalue weighted by molar-refractivity contribution is -0.140. The van der Waals surface area contributed by atoms with E-state index in [0.717, 1.165) is 22.2 Å². The molecule has 1 atom stereocenters. The lowest BCUT2D eigenvalue weighted by atomic mass is 9.86. The van der Waals surface area contributed by atoms with Gasteiger partial charge in [0.1, 0.15) is 5.70 Å². The van der Waals surface area contributed by atoms with Gasteiger partial charge in [0.25, 0.3) is 0 Å². The number of aromatic amines is 1. The quantitative estimate of drug-likeness (QED) is 0.397. The van der Waals surface area contributed by atoms with Crippen molar-refractivity contribution in [1.82, 2.24) is 10.3 Å². The molecule has 0 aliphatic rings. The SMILES string of the molecule is C=CC(C)(C)c1[nH]c2ccccc2c1/C=C(\NC(=O)[C@H](C)N)C(=O)OCC. The van der Waals surface area contributed by atoms with Crippen LogP contribution in [0.2, 0.25) is 0 Å². The summed E-state index contributed by atoms with van der Waals surface area (Å²) >= 11 is 0. The third-order valence-corrected chi connectivity index (χ3v) is 4.36. The molecule has 0 unspecified atom stereocenters. The van der Waals surface area contributed by atoms with Crippen LogP contribution in [0.25, 0.3) is 17.0 Å². The molecule has 1 heterocycles. The molecule has 6 heteroatoms. The normalized spacial score (nSPS) is 13.3. The Morgan fingerprint density at radius 2 is 2.04 bits per heavy atom. The van der Waals surface area contributed by atoms with Crippen LogP contribution in [0.5, 0.6) is 0 Å². The number of benzene rings is 1. The monoisotopic (exact) mass is 369 g/mol. The molecule has 2 rings (SSSR count). The summed E-state index contributed by atoms with van der Waals surface area (Å²) in [6, 6.07) is 7.01. The van der Waals surface area contributed by atoms with Gasteiger partial charge in [-0.15, -0.1) is 6.58 Å². The zero-order chi connectivity index (χ0) is 20.2. The number of nitrogens with one attached hydrogen (secondary N) is 2. The molecular weight excluding hydrogens is 342 g/mol. The minimum atomic E-state index is -0.755. The summed E-state index contributed by atoms with van der Waals surface area (Å²) in [6.45, 7) is 11.4. The Balaban J connectivity index is 2.68. The number of aromatic nitrogens is 1. The van der Waals surface area contributed by atoms with Gasteiger partial charge in [-0.25, -0.2) is 4.79 Å². The molecule has 1 amide bonds. The van der Waals surface area contributed by atoms with E-state index < -0.39 is 17.9 Å². The molecule has 0 saturated carbocycles. The number of amides is 1. The number of carbonyl (C=O) groups is 2. The summed E-state index contributed by atoms with van der Waals surface area (Å²) in [6.07, 6.45) is 3.47. The fourth-order valence-electron chi connectivity index (χ4n) is 2.67. The number of allylic oxidation sites excluding steroid dienone is 1. The van der Waals surface area contributed by atoms with E-state index in [9.17, 15) is 9.59 Å². The summed E-state index contributed by atoms with van der Waals surface area (Å²) in [5.74, 6) is -1.07. The van der Waals surface area contributed by atoms with Gasteiger partial charge in [0.2, 0.25) is 5.91 Å². The zero-order valence-corrected chi connectivity index (χ0v) is 16.3. The fraction of sp³-hybridized carbons (Fsp3) is 0.333. The Morgan fingerprint density at radius 3 is 2.63 bits per heavy atom. The summed E-state index contributed by atoms with van der Waals surface area (Å²) < 4.78 is 5.10. The Hall–Kier alpha value is -2.86. The van der Waals surface area contributed by atoms with E-state index in [2.05, 4.69) is 16.9 Å². The maximum atomic E-state index is 12.4. The van der Waals surface area contributed by atoms with Gasteiger partial charge in [0, 0.05) is 27.6 Å². The van der Waals surface area contributed by atoms with Crippen LogP contribution < -0.4 is 11.1 Å². The Labute approximate surface area is 159 Å². The Kier molecular flexibility index (Phi) is 6.23. The van der Waals surface area contributed by atoms with Gasteiger partial charge in [-0.1, -0.05) is 38.1 Å². The van der Waals surface area contributed by atoms with Gasteiger partial charge in [-0.2, -0.15) is 0 Å². The topological polar surface area (TPSA) is 97.2 Å². The van der Waals surface area contributed by atoms with Gasteiger partial charge in [0.05, 0.1) is 12.6 Å². The zero-order valence-electron chi connectivity index (χ0n) is 16.3. The number of hydrogen-bond donors (Lipinski definition) is 3. The van der Waals surface area contributed by atoms with Crippen LogP contribution in [-0.2, 0) is 19.7 Å². The third-order valence-electron chi connectivity index (χ3n) is 4.36. The van der Waals surface area contributed by atoms with Crippen molar-refractivity contribution < 1.29 is 14.3 Å². The second-order valence-corrected chi connectivity index (χ2v) is 6.94. The van der Waals surface area contributed by atoms with Crippen molar-refractivity contribution in [2.24, 2.45) is 5.73 Å². The Morgan fingerprint density at radius 1 is 1.37 bits per heavy atom. The van der Waals surface area contributed by atoms with Crippen molar-refractivity contribution >= 4 is 28.9 Å². The van der Waals surface area contributed by atoms with Crippen LogP contribution in [0.3, 0.4) is 0 Å². The first-order chi connectivity index (χ1) is 12.7. The van der Waals surface area contributed by atoms with E-state index in [0.29, 0.717) is 0 Å². The fourth-order valence-corrected chi connectivity index (χ4v) is 2.67. The minimum Gasteiger partial charge on any atom is -0.461 e. The van der Waals surface area contributed by atoms with Gasteiger partial charge < -0.3 is 20.8 Å². The van der Waals surface area contributed by atoms with Crippen molar-refractivity contribution in [2.75, 3.05) is 6.61 Å². The first-order valence-corrected chi connectivity index (χ1v) is 8.91. The third kappa shape index (κ3) is 4.46. The molecule has 6 nitrogen and oxygen atoms in total. The summed E-state index contributed by atoms with van der Waals surface area (Å²) in [5.41, 5.74) is 7.91. The summed E-state index contributed by atoms with van der Waals surface area (Å²) in [7, 11) is 0. The largest absolute Gasteiger partial charge is 0.461 e. The number of fused-ring (bicyclic) bond motifs is 1. The van der Waals surface area contributed by atoms with Crippen molar-refractivity contribution in [3.05, 3.63) is 53.9 Å². The van der Waals surface area contributed by atoms with Crippen LogP contribution in [0.1, 0.15) is 39.0 Å². The second kappa shape index (κ2) is 8.22. The van der Waals surface area contributed by atoms with Gasteiger partial charge in [0.15, 0.2) is 0 Å². The van der Waals surface area contributed by atoms with Crippen molar-refractivity contribution in [1.29, 1.82) is 0 Å². The smallest absolute Gasteiger partial charge is 0.354 e. The minimum absolute atomic E-state index is 0.0463. The highest BCUT2D eigenvalue weighted by atomic mass is 16.5. The molecule has 1 aromatic carbocycles. The predicted octanol–water partition coefficient (Wildman–Crippen LogP) is 3.00. The molecule has 144 valence electrons. The second-order valence-electron chi connectivity index (χ2n) is 6.94. The first kappa shape index (κ1) is 20.5. The van der Waals surface area contributed by atoms with Gasteiger partial charge in [-0.05, 0) is 26.0 Å². The molecular formula is C21H27N3O3. The summed E-state index contributed by atoms with van der Waals surface area (Å²) in [5, 5.41) is 3.51. The lowest BCUT2D eigenvalue weighted by Gasteiger charge is -2.20. The molecule has 0 fully saturated rings. The Bertz CT molecular complexity index is 891. The van der Waals surface area contributed by atoms with Crippen LogP contribution in [-0.4, -0.2) is 29.5 Å². The van der Waals surface area contributed by atoms with E-state index in [1.165, 1.54) is 0 Å². The molecule has 0 spiro atoms. The number of esters is 1. The van der Waals surface area contributed by atoms with Crippen molar-refractivity contribution in [2.45, 2.75) is 39.2 Å². The van der Waals surface area contributed by atoms with Crippen molar-refractivity contribution in [3.8, 4) is 0 Å². The molecule has 0 aliphatic heterocycles. The maximum absolute atomic E-state index is 12.4. The number of nitrogens with two attached hydrogens (primary N) is 1. The average Bonchev–Trinajstić information content (AvgIpc) is 3.00. The highest BCUT2D eigenvalue weighted by molar-refractivity contribution is 6.02. The molecule has 0 aliphatic carbocycles. The van der Waals surface area contributed by atoms with E-state index in [4.69, 9.17) is 10.5 Å². The lowest BCUT2D eigenvalue weighted by Crippen LogP contribution is -2.39. The standard InChI is InChI=1S/C21H27N3O3/c1-6-21(4,5)18-15(14-10-8-9-11-16(14)23-18)12-17(20(26)27-7-2)24-19(25)13(3)22/h6,8-13,23H,1,7,22H2,2-5H3,(H,24,25)/b17-12-/t13-/m0/s1. The molecule has 0 saturated heterocycles. The van der Waals surface area contributed by atoms with Crippen LogP contribution in [0, 0.1) is 0 Å². The summed E-state index contributed by atoms with van der Waals surface area (Å²) in [4.78, 5) is 27.9. The number of ether oxygens (including phenoxy) is 1. The number of H-pyrrole nitrogens is 1. The highest BCUT2D eigenvalue weighted by Gasteiger charge is 2.25. The number of para-hydroxylation sites is 1. The van der Waals surface area contributed by atoms with Crippen LogP contribution in [0.15, 0.2) is 42.6 Å². The predicted molar refractivity (Wildman–Crippen MR) is 108 cm³/mol. The van der Waals surface area contributed by atoms with Crippen LogP contribution >= 0.6 is 0 Å². The molecule has 1 aromatic heterocycles. The van der Waals surface area contributed by atoms with Gasteiger partial charge >= 0.3 is 5.97 Å².